The molecular weight excluding hydrogens is 363 g/mol. The second kappa shape index (κ2) is 9.34. The number of aromatic amines is 1. The van der Waals surface area contributed by atoms with E-state index < -0.39 is 18.4 Å². The molecule has 0 fully saturated rings. The fraction of sp³-hybridized carbons (Fsp3) is 0.286. The lowest BCUT2D eigenvalue weighted by Gasteiger charge is -2.23. The molecule has 0 atom stereocenters. The number of nitrogen functional groups attached to an aromatic ring is 1. The summed E-state index contributed by atoms with van der Waals surface area (Å²) in [7, 11) is 0. The van der Waals surface area contributed by atoms with Gasteiger partial charge in [0.05, 0.1) is 18.9 Å². The van der Waals surface area contributed by atoms with E-state index in [1.54, 1.807) is 6.07 Å². The van der Waals surface area contributed by atoms with Crippen molar-refractivity contribution in [1.29, 1.82) is 0 Å². The van der Waals surface area contributed by atoms with Crippen LogP contribution in [-0.4, -0.2) is 34.4 Å². The number of carbonyl (C=O) groups is 1. The van der Waals surface area contributed by atoms with Gasteiger partial charge in [0.15, 0.2) is 0 Å². The molecule has 3 rings (SSSR count). The van der Waals surface area contributed by atoms with Crippen LogP contribution in [0.5, 0.6) is 0 Å². The summed E-state index contributed by atoms with van der Waals surface area (Å²) in [5.41, 5.74) is 8.50. The largest absolute Gasteiger partial charge is 0.480 e. The van der Waals surface area contributed by atoms with Gasteiger partial charge in [-0.1, -0.05) is 44.2 Å². The quantitative estimate of drug-likeness (QED) is 0.484. The second-order valence-corrected chi connectivity index (χ2v) is 7.06. The molecule has 6 nitrogen and oxygen atoms in total. The lowest BCUT2D eigenvalue weighted by Crippen LogP contribution is -2.24. The molecule has 0 unspecified atom stereocenters. The number of hydrogen-bond donors (Lipinski definition) is 4. The number of carboxylic acids is 1. The highest BCUT2D eigenvalue weighted by atomic mass is 19.1. The lowest BCUT2D eigenvalue weighted by atomic mass is 9.90. The van der Waals surface area contributed by atoms with Crippen LogP contribution < -0.4 is 5.73 Å². The first kappa shape index (κ1) is 21.4. The Morgan fingerprint density at radius 3 is 2.46 bits per heavy atom. The van der Waals surface area contributed by atoms with E-state index in [9.17, 15) is 4.39 Å². The molecule has 0 bridgehead atoms. The van der Waals surface area contributed by atoms with Crippen LogP contribution in [0.15, 0.2) is 48.5 Å². The number of aromatic nitrogens is 1. The molecule has 1 heterocycles. The van der Waals surface area contributed by atoms with Gasteiger partial charge >= 0.3 is 5.97 Å². The molecule has 2 aromatic carbocycles. The number of aliphatic hydroxyl groups excluding tert-OH is 1. The Morgan fingerprint density at radius 2 is 1.86 bits per heavy atom. The first-order chi connectivity index (χ1) is 13.2. The molecule has 0 saturated carbocycles. The first-order valence-electron chi connectivity index (χ1n) is 8.75. The summed E-state index contributed by atoms with van der Waals surface area (Å²) >= 11 is 0. The molecule has 0 aliphatic heterocycles. The van der Waals surface area contributed by atoms with Gasteiger partial charge < -0.3 is 25.7 Å². The minimum absolute atomic E-state index is 0.168. The van der Waals surface area contributed by atoms with E-state index in [1.165, 1.54) is 6.07 Å². The topological polar surface area (TPSA) is 109 Å². The SMILES string of the molecule is CC(C)(COCc1ccccc1)c1cc2cc(N)c(F)cc2[nH]1.O=C(O)CO. The fourth-order valence-electron chi connectivity index (χ4n) is 2.61. The standard InChI is InChI=1S/C19H21FN2O.C2H4O3/c1-19(2,12-23-11-13-6-4-3-5-7-13)18-9-14-8-16(21)15(20)10-17(14)22-18;3-1-2(4)5/h3-10,22H,11-12,21H2,1-2H3;3H,1H2,(H,4,5). The number of nitrogens with two attached hydrogens (primary N) is 1. The zero-order valence-corrected chi connectivity index (χ0v) is 15.9. The van der Waals surface area contributed by atoms with Gasteiger partial charge in [-0.05, 0) is 17.7 Å². The van der Waals surface area contributed by atoms with Gasteiger partial charge in [0, 0.05) is 28.1 Å². The van der Waals surface area contributed by atoms with Crippen LogP contribution in [0.2, 0.25) is 0 Å². The van der Waals surface area contributed by atoms with E-state index in [4.69, 9.17) is 25.5 Å². The molecule has 7 heteroatoms. The molecule has 5 N–H and O–H groups in total. The minimum Gasteiger partial charge on any atom is -0.480 e. The van der Waals surface area contributed by atoms with Crippen molar-refractivity contribution < 1.29 is 24.1 Å². The summed E-state index contributed by atoms with van der Waals surface area (Å²) in [5.74, 6) is -1.59. The Kier molecular flexibility index (Phi) is 7.14. The zero-order chi connectivity index (χ0) is 20.7. The third-order valence-electron chi connectivity index (χ3n) is 4.18. The summed E-state index contributed by atoms with van der Waals surface area (Å²) in [6, 6.07) is 15.2. The minimum atomic E-state index is -1.19. The van der Waals surface area contributed by atoms with Crippen LogP contribution in [0.25, 0.3) is 10.9 Å². The van der Waals surface area contributed by atoms with Crippen LogP contribution in [-0.2, 0) is 21.6 Å². The van der Waals surface area contributed by atoms with Crippen molar-refractivity contribution in [2.24, 2.45) is 0 Å². The number of ether oxygens (including phenoxy) is 1. The predicted molar refractivity (Wildman–Crippen MR) is 107 cm³/mol. The second-order valence-electron chi connectivity index (χ2n) is 7.06. The van der Waals surface area contributed by atoms with Crippen molar-refractivity contribution in [2.45, 2.75) is 25.9 Å². The Bertz CT molecular complexity index is 884. The highest BCUT2D eigenvalue weighted by Gasteiger charge is 2.23. The molecule has 1 aromatic heterocycles. The van der Waals surface area contributed by atoms with Crippen molar-refractivity contribution in [3.8, 4) is 0 Å². The number of H-pyrrole nitrogens is 1. The van der Waals surface area contributed by atoms with Crippen molar-refractivity contribution in [1.82, 2.24) is 4.98 Å². The molecule has 3 aromatic rings. The summed E-state index contributed by atoms with van der Waals surface area (Å²) < 4.78 is 19.4. The van der Waals surface area contributed by atoms with E-state index in [1.807, 2.05) is 36.4 Å². The monoisotopic (exact) mass is 388 g/mol. The number of anilines is 1. The number of nitrogens with one attached hydrogen (secondary N) is 1. The number of hydrogen-bond acceptors (Lipinski definition) is 4. The van der Waals surface area contributed by atoms with E-state index in [2.05, 4.69) is 18.8 Å². The van der Waals surface area contributed by atoms with Gasteiger partial charge in [-0.15, -0.1) is 0 Å². The third kappa shape index (κ3) is 5.80. The molecule has 0 aliphatic rings. The number of carboxylic acid groups (broad SMARTS) is 1. The van der Waals surface area contributed by atoms with E-state index in [0.29, 0.717) is 13.2 Å². The van der Waals surface area contributed by atoms with Crippen LogP contribution in [0, 0.1) is 5.82 Å². The van der Waals surface area contributed by atoms with E-state index >= 15 is 0 Å². The van der Waals surface area contributed by atoms with E-state index in [-0.39, 0.29) is 11.1 Å². The van der Waals surface area contributed by atoms with Crippen LogP contribution in [0.1, 0.15) is 25.1 Å². The summed E-state index contributed by atoms with van der Waals surface area (Å²) in [4.78, 5) is 12.4. The van der Waals surface area contributed by atoms with E-state index in [0.717, 1.165) is 22.2 Å². The Labute approximate surface area is 162 Å². The van der Waals surface area contributed by atoms with Crippen LogP contribution in [0.4, 0.5) is 10.1 Å². The Balaban J connectivity index is 0.000000500. The maximum atomic E-state index is 13.6. The number of benzene rings is 2. The average molecular weight is 388 g/mol. The molecule has 0 radical (unpaired) electrons. The number of fused-ring (bicyclic) bond motifs is 1. The van der Waals surface area contributed by atoms with Crippen LogP contribution in [0.3, 0.4) is 0 Å². The van der Waals surface area contributed by atoms with Crippen molar-refractivity contribution in [3.05, 3.63) is 65.6 Å². The number of rotatable bonds is 6. The van der Waals surface area contributed by atoms with Gasteiger partial charge in [0.1, 0.15) is 12.4 Å². The molecular formula is C21H25FN2O4. The highest BCUT2D eigenvalue weighted by Crippen LogP contribution is 2.29. The summed E-state index contributed by atoms with van der Waals surface area (Å²) in [6.07, 6.45) is 0. The Hall–Kier alpha value is -2.90. The molecule has 0 spiro atoms. The molecule has 0 aliphatic carbocycles. The lowest BCUT2D eigenvalue weighted by molar-refractivity contribution is -0.140. The maximum absolute atomic E-state index is 13.6. The highest BCUT2D eigenvalue weighted by molar-refractivity contribution is 5.84. The van der Waals surface area contributed by atoms with Gasteiger partial charge in [0.25, 0.3) is 0 Å². The predicted octanol–water partition coefficient (Wildman–Crippen LogP) is 3.45. The van der Waals surface area contributed by atoms with Gasteiger partial charge in [0.2, 0.25) is 0 Å². The van der Waals surface area contributed by atoms with Crippen molar-refractivity contribution >= 4 is 22.6 Å². The smallest absolute Gasteiger partial charge is 0.329 e. The summed E-state index contributed by atoms with van der Waals surface area (Å²) in [5, 5.41) is 15.9. The first-order valence-corrected chi connectivity index (χ1v) is 8.75. The van der Waals surface area contributed by atoms with Gasteiger partial charge in [-0.2, -0.15) is 0 Å². The zero-order valence-electron chi connectivity index (χ0n) is 15.9. The average Bonchev–Trinajstić information content (AvgIpc) is 3.07. The van der Waals surface area contributed by atoms with Gasteiger partial charge in [-0.25, -0.2) is 9.18 Å². The normalized spacial score (nSPS) is 11.1. The molecule has 28 heavy (non-hydrogen) atoms. The molecule has 0 saturated heterocycles. The number of halogens is 1. The molecule has 150 valence electrons. The Morgan fingerprint density at radius 1 is 1.21 bits per heavy atom. The number of aliphatic carboxylic acids is 1. The summed E-state index contributed by atoms with van der Waals surface area (Å²) in [6.45, 7) is 4.56. The number of aliphatic hydroxyl groups is 1. The van der Waals surface area contributed by atoms with Crippen molar-refractivity contribution in [2.75, 3.05) is 18.9 Å². The maximum Gasteiger partial charge on any atom is 0.329 e. The van der Waals surface area contributed by atoms with Crippen LogP contribution >= 0.6 is 0 Å². The molecule has 0 amide bonds. The third-order valence-corrected chi connectivity index (χ3v) is 4.18. The van der Waals surface area contributed by atoms with Gasteiger partial charge in [-0.3, -0.25) is 0 Å². The fourth-order valence-corrected chi connectivity index (χ4v) is 2.61. The van der Waals surface area contributed by atoms with Crippen molar-refractivity contribution in [3.63, 3.8) is 0 Å².